The third-order valence-electron chi connectivity index (χ3n) is 2.99. The van der Waals surface area contributed by atoms with E-state index in [1.807, 2.05) is 24.3 Å². The SMILES string of the molecule is COCC#Cc1ccccc1CC(CC(C)=O)C(=O)OC. The third kappa shape index (κ3) is 5.80. The summed E-state index contributed by atoms with van der Waals surface area (Å²) in [6.45, 7) is 1.82. The Kier molecular flexibility index (Phi) is 7.20. The zero-order valence-electron chi connectivity index (χ0n) is 12.6. The van der Waals surface area contributed by atoms with Gasteiger partial charge < -0.3 is 14.3 Å². The van der Waals surface area contributed by atoms with Crippen molar-refractivity contribution < 1.29 is 19.1 Å². The summed E-state index contributed by atoms with van der Waals surface area (Å²) in [5, 5.41) is 0. The van der Waals surface area contributed by atoms with Crippen LogP contribution < -0.4 is 0 Å². The molecule has 0 aromatic heterocycles. The second-order valence-electron chi connectivity index (χ2n) is 4.72. The topological polar surface area (TPSA) is 52.6 Å². The quantitative estimate of drug-likeness (QED) is 0.593. The molecule has 0 heterocycles. The summed E-state index contributed by atoms with van der Waals surface area (Å²) in [7, 11) is 2.92. The molecule has 112 valence electrons. The number of benzene rings is 1. The lowest BCUT2D eigenvalue weighted by atomic mass is 9.92. The van der Waals surface area contributed by atoms with Gasteiger partial charge in [0.25, 0.3) is 0 Å². The van der Waals surface area contributed by atoms with Gasteiger partial charge in [-0.3, -0.25) is 4.79 Å². The van der Waals surface area contributed by atoms with Crippen molar-refractivity contribution in [3.05, 3.63) is 35.4 Å². The number of hydrogen-bond acceptors (Lipinski definition) is 4. The van der Waals surface area contributed by atoms with Crippen molar-refractivity contribution >= 4 is 11.8 Å². The average molecular weight is 288 g/mol. The number of carbonyl (C=O) groups is 2. The molecular weight excluding hydrogens is 268 g/mol. The smallest absolute Gasteiger partial charge is 0.309 e. The summed E-state index contributed by atoms with van der Waals surface area (Å²) >= 11 is 0. The Morgan fingerprint density at radius 2 is 1.95 bits per heavy atom. The third-order valence-corrected chi connectivity index (χ3v) is 2.99. The van der Waals surface area contributed by atoms with Gasteiger partial charge in [0.15, 0.2) is 0 Å². The fraction of sp³-hybridized carbons (Fsp3) is 0.412. The van der Waals surface area contributed by atoms with E-state index in [2.05, 4.69) is 11.8 Å². The van der Waals surface area contributed by atoms with E-state index < -0.39 is 5.92 Å². The van der Waals surface area contributed by atoms with Crippen LogP contribution in [0.2, 0.25) is 0 Å². The van der Waals surface area contributed by atoms with Crippen LogP contribution in [0.3, 0.4) is 0 Å². The van der Waals surface area contributed by atoms with E-state index in [4.69, 9.17) is 9.47 Å². The van der Waals surface area contributed by atoms with Gasteiger partial charge in [-0.25, -0.2) is 0 Å². The van der Waals surface area contributed by atoms with Crippen molar-refractivity contribution in [1.82, 2.24) is 0 Å². The molecule has 1 atom stereocenters. The van der Waals surface area contributed by atoms with Crippen molar-refractivity contribution in [2.75, 3.05) is 20.8 Å². The van der Waals surface area contributed by atoms with Gasteiger partial charge in [0.1, 0.15) is 12.4 Å². The van der Waals surface area contributed by atoms with Gasteiger partial charge in [-0.15, -0.1) is 0 Å². The number of Topliss-reactive ketones (excluding diaryl/α,β-unsaturated/α-hetero) is 1. The number of rotatable bonds is 6. The molecular formula is C17H20O4. The van der Waals surface area contributed by atoms with Gasteiger partial charge in [0.2, 0.25) is 0 Å². The maximum Gasteiger partial charge on any atom is 0.309 e. The molecule has 4 heteroatoms. The fourth-order valence-corrected chi connectivity index (χ4v) is 2.04. The van der Waals surface area contributed by atoms with E-state index in [0.717, 1.165) is 11.1 Å². The Morgan fingerprint density at radius 1 is 1.24 bits per heavy atom. The van der Waals surface area contributed by atoms with E-state index in [1.165, 1.54) is 14.0 Å². The zero-order chi connectivity index (χ0) is 15.7. The van der Waals surface area contributed by atoms with Crippen LogP contribution in [-0.4, -0.2) is 32.6 Å². The molecule has 1 aromatic carbocycles. The molecule has 0 saturated carbocycles. The molecule has 0 fully saturated rings. The minimum Gasteiger partial charge on any atom is -0.469 e. The first-order valence-corrected chi connectivity index (χ1v) is 6.71. The molecule has 0 spiro atoms. The highest BCUT2D eigenvalue weighted by atomic mass is 16.5. The lowest BCUT2D eigenvalue weighted by Crippen LogP contribution is -2.21. The van der Waals surface area contributed by atoms with E-state index >= 15 is 0 Å². The minimum absolute atomic E-state index is 0.0339. The Labute approximate surface area is 125 Å². The molecule has 1 aromatic rings. The van der Waals surface area contributed by atoms with Gasteiger partial charge in [0, 0.05) is 19.1 Å². The number of hydrogen-bond donors (Lipinski definition) is 0. The molecule has 0 saturated heterocycles. The molecule has 1 unspecified atom stereocenters. The molecule has 21 heavy (non-hydrogen) atoms. The van der Waals surface area contributed by atoms with Gasteiger partial charge in [-0.1, -0.05) is 30.0 Å². The maximum atomic E-state index is 11.8. The predicted molar refractivity (Wildman–Crippen MR) is 79.7 cm³/mol. The molecule has 0 radical (unpaired) electrons. The molecule has 0 N–H and O–H groups in total. The average Bonchev–Trinajstić information content (AvgIpc) is 2.47. The van der Waals surface area contributed by atoms with Crippen molar-refractivity contribution in [3.63, 3.8) is 0 Å². The van der Waals surface area contributed by atoms with Crippen molar-refractivity contribution in [3.8, 4) is 11.8 Å². The second kappa shape index (κ2) is 8.93. The van der Waals surface area contributed by atoms with Crippen LogP contribution in [-0.2, 0) is 25.5 Å². The lowest BCUT2D eigenvalue weighted by Gasteiger charge is -2.14. The maximum absolute atomic E-state index is 11.8. The van der Waals surface area contributed by atoms with Gasteiger partial charge >= 0.3 is 5.97 Å². The number of esters is 1. The van der Waals surface area contributed by atoms with E-state index in [1.54, 1.807) is 7.11 Å². The molecule has 0 aliphatic heterocycles. The first-order valence-electron chi connectivity index (χ1n) is 6.71. The zero-order valence-corrected chi connectivity index (χ0v) is 12.6. The summed E-state index contributed by atoms with van der Waals surface area (Å²) in [6, 6.07) is 7.57. The number of ether oxygens (including phenoxy) is 2. The largest absolute Gasteiger partial charge is 0.469 e. The monoisotopic (exact) mass is 288 g/mol. The summed E-state index contributed by atoms with van der Waals surface area (Å²) in [4.78, 5) is 23.1. The van der Waals surface area contributed by atoms with Crippen molar-refractivity contribution in [1.29, 1.82) is 0 Å². The molecule has 0 aliphatic carbocycles. The van der Waals surface area contributed by atoms with E-state index in [-0.39, 0.29) is 18.2 Å². The van der Waals surface area contributed by atoms with Gasteiger partial charge in [-0.05, 0) is 25.0 Å². The first-order chi connectivity index (χ1) is 10.1. The summed E-state index contributed by atoms with van der Waals surface area (Å²) in [5.41, 5.74) is 1.77. The van der Waals surface area contributed by atoms with Crippen LogP contribution in [0.25, 0.3) is 0 Å². The fourth-order valence-electron chi connectivity index (χ4n) is 2.04. The Hall–Kier alpha value is -2.12. The molecule has 1 rings (SSSR count). The highest BCUT2D eigenvalue weighted by Gasteiger charge is 2.22. The van der Waals surface area contributed by atoms with Gasteiger partial charge in [-0.2, -0.15) is 0 Å². The summed E-state index contributed by atoms with van der Waals surface area (Å²) in [5.74, 6) is 5.03. The summed E-state index contributed by atoms with van der Waals surface area (Å²) in [6.07, 6.45) is 0.608. The van der Waals surface area contributed by atoms with Crippen molar-refractivity contribution in [2.45, 2.75) is 19.8 Å². The van der Waals surface area contributed by atoms with Crippen LogP contribution in [0.15, 0.2) is 24.3 Å². The lowest BCUT2D eigenvalue weighted by molar-refractivity contribution is -0.147. The standard InChI is InChI=1S/C17H20O4/c1-13(18)11-16(17(19)21-3)12-15-8-5-4-7-14(15)9-6-10-20-2/h4-5,7-8,16H,10-12H2,1-3H3. The van der Waals surface area contributed by atoms with Crippen molar-refractivity contribution in [2.24, 2.45) is 5.92 Å². The number of ketones is 1. The number of methoxy groups -OCH3 is 2. The van der Waals surface area contributed by atoms with Crippen LogP contribution in [0.4, 0.5) is 0 Å². The predicted octanol–water partition coefficient (Wildman–Crippen LogP) is 2.00. The van der Waals surface area contributed by atoms with Crippen LogP contribution in [0, 0.1) is 17.8 Å². The highest BCUT2D eigenvalue weighted by molar-refractivity contribution is 5.83. The molecule has 0 amide bonds. The number of carbonyl (C=O) groups excluding carboxylic acids is 2. The Balaban J connectivity index is 2.96. The minimum atomic E-state index is -0.474. The van der Waals surface area contributed by atoms with E-state index in [9.17, 15) is 9.59 Å². The highest BCUT2D eigenvalue weighted by Crippen LogP contribution is 2.17. The van der Waals surface area contributed by atoms with Crippen LogP contribution in [0.1, 0.15) is 24.5 Å². The first kappa shape index (κ1) is 16.9. The van der Waals surface area contributed by atoms with Crippen LogP contribution >= 0.6 is 0 Å². The van der Waals surface area contributed by atoms with Crippen LogP contribution in [0.5, 0.6) is 0 Å². The molecule has 0 aliphatic rings. The molecule has 4 nitrogen and oxygen atoms in total. The second-order valence-corrected chi connectivity index (χ2v) is 4.72. The Morgan fingerprint density at radius 3 is 2.57 bits per heavy atom. The van der Waals surface area contributed by atoms with Gasteiger partial charge in [0.05, 0.1) is 13.0 Å². The Bertz CT molecular complexity index is 551. The molecule has 0 bridgehead atoms. The summed E-state index contributed by atoms with van der Waals surface area (Å²) < 4.78 is 9.68. The van der Waals surface area contributed by atoms with E-state index in [0.29, 0.717) is 13.0 Å². The normalized spacial score (nSPS) is 11.2.